The minimum absolute atomic E-state index is 0.234. The second-order valence-corrected chi connectivity index (χ2v) is 5.26. The molecule has 0 saturated carbocycles. The van der Waals surface area contributed by atoms with Crippen molar-refractivity contribution in [2.75, 3.05) is 30.4 Å². The summed E-state index contributed by atoms with van der Waals surface area (Å²) in [6.45, 7) is 1.75. The number of nitrogens with two attached hydrogens (primary N) is 1. The monoisotopic (exact) mass is 274 g/mol. The molecule has 2 heterocycles. The van der Waals surface area contributed by atoms with Gasteiger partial charge < -0.3 is 16.0 Å². The SMILES string of the molecule is CNc1cnc(N2CCC(N)CC2)c2cc(F)ccc12. The number of benzene rings is 1. The Morgan fingerprint density at radius 3 is 2.75 bits per heavy atom. The van der Waals surface area contributed by atoms with Crippen LogP contribution in [-0.4, -0.2) is 31.2 Å². The summed E-state index contributed by atoms with van der Waals surface area (Å²) < 4.78 is 13.6. The molecule has 1 aromatic heterocycles. The summed E-state index contributed by atoms with van der Waals surface area (Å²) in [7, 11) is 1.85. The summed E-state index contributed by atoms with van der Waals surface area (Å²) in [6.07, 6.45) is 3.71. The molecule has 106 valence electrons. The summed E-state index contributed by atoms with van der Waals surface area (Å²) in [6, 6.07) is 5.12. The molecule has 2 aromatic rings. The molecule has 0 aliphatic carbocycles. The molecular formula is C15H19FN4. The van der Waals surface area contributed by atoms with Crippen LogP contribution in [0.1, 0.15) is 12.8 Å². The number of hydrogen-bond donors (Lipinski definition) is 2. The van der Waals surface area contributed by atoms with E-state index in [1.165, 1.54) is 6.07 Å². The highest BCUT2D eigenvalue weighted by Gasteiger charge is 2.20. The second-order valence-electron chi connectivity index (χ2n) is 5.26. The van der Waals surface area contributed by atoms with Crippen molar-refractivity contribution in [2.24, 2.45) is 5.73 Å². The maximum Gasteiger partial charge on any atom is 0.136 e. The van der Waals surface area contributed by atoms with Gasteiger partial charge in [0.2, 0.25) is 0 Å². The topological polar surface area (TPSA) is 54.2 Å². The van der Waals surface area contributed by atoms with Crippen molar-refractivity contribution in [3.05, 3.63) is 30.2 Å². The van der Waals surface area contributed by atoms with Gasteiger partial charge in [0.15, 0.2) is 0 Å². The van der Waals surface area contributed by atoms with E-state index in [2.05, 4.69) is 15.2 Å². The fourth-order valence-corrected chi connectivity index (χ4v) is 2.76. The Bertz CT molecular complexity index is 621. The Balaban J connectivity index is 2.09. The molecule has 0 atom stereocenters. The molecule has 20 heavy (non-hydrogen) atoms. The number of nitrogens with zero attached hydrogens (tertiary/aromatic N) is 2. The smallest absolute Gasteiger partial charge is 0.136 e. The van der Waals surface area contributed by atoms with Gasteiger partial charge in [-0.1, -0.05) is 0 Å². The van der Waals surface area contributed by atoms with E-state index in [0.29, 0.717) is 0 Å². The van der Waals surface area contributed by atoms with Gasteiger partial charge >= 0.3 is 0 Å². The van der Waals surface area contributed by atoms with E-state index < -0.39 is 0 Å². The van der Waals surface area contributed by atoms with Crippen molar-refractivity contribution in [2.45, 2.75) is 18.9 Å². The van der Waals surface area contributed by atoms with Gasteiger partial charge in [0.05, 0.1) is 11.9 Å². The summed E-state index contributed by atoms with van der Waals surface area (Å²) in [5.74, 6) is 0.618. The van der Waals surface area contributed by atoms with E-state index in [0.717, 1.165) is 48.2 Å². The lowest BCUT2D eigenvalue weighted by Gasteiger charge is -2.32. The number of fused-ring (bicyclic) bond motifs is 1. The molecule has 1 aromatic carbocycles. The van der Waals surface area contributed by atoms with Gasteiger partial charge in [-0.05, 0) is 31.0 Å². The van der Waals surface area contributed by atoms with Crippen LogP contribution in [-0.2, 0) is 0 Å². The highest BCUT2D eigenvalue weighted by Crippen LogP contribution is 2.31. The molecule has 0 unspecified atom stereocenters. The first kappa shape index (κ1) is 13.1. The minimum atomic E-state index is -0.234. The zero-order chi connectivity index (χ0) is 14.1. The van der Waals surface area contributed by atoms with E-state index in [4.69, 9.17) is 5.73 Å². The zero-order valence-electron chi connectivity index (χ0n) is 11.6. The van der Waals surface area contributed by atoms with Crippen LogP contribution in [0.25, 0.3) is 10.8 Å². The van der Waals surface area contributed by atoms with Crippen LogP contribution < -0.4 is 16.0 Å². The maximum atomic E-state index is 13.6. The van der Waals surface area contributed by atoms with Crippen molar-refractivity contribution >= 4 is 22.3 Å². The van der Waals surface area contributed by atoms with Gasteiger partial charge in [0, 0.05) is 37.0 Å². The molecule has 0 radical (unpaired) electrons. The van der Waals surface area contributed by atoms with Gasteiger partial charge in [-0.15, -0.1) is 0 Å². The standard InChI is InChI=1S/C15H19FN4/c1-18-14-9-19-15(20-6-4-11(17)5-7-20)13-8-10(16)2-3-12(13)14/h2-3,8-9,11,18H,4-7,17H2,1H3. The minimum Gasteiger partial charge on any atom is -0.386 e. The van der Waals surface area contributed by atoms with Crippen molar-refractivity contribution in [1.82, 2.24) is 4.98 Å². The van der Waals surface area contributed by atoms with Crippen LogP contribution in [0.3, 0.4) is 0 Å². The van der Waals surface area contributed by atoms with Crippen LogP contribution in [0.15, 0.2) is 24.4 Å². The van der Waals surface area contributed by atoms with Crippen LogP contribution in [0, 0.1) is 5.82 Å². The van der Waals surface area contributed by atoms with Crippen molar-refractivity contribution < 1.29 is 4.39 Å². The third kappa shape index (κ3) is 2.29. The number of hydrogen-bond acceptors (Lipinski definition) is 4. The van der Waals surface area contributed by atoms with E-state index in [1.54, 1.807) is 12.1 Å². The van der Waals surface area contributed by atoms with Crippen molar-refractivity contribution in [3.63, 3.8) is 0 Å². The number of pyridine rings is 1. The van der Waals surface area contributed by atoms with Gasteiger partial charge in [0.25, 0.3) is 0 Å². The molecule has 5 heteroatoms. The average Bonchev–Trinajstić information content (AvgIpc) is 2.47. The van der Waals surface area contributed by atoms with E-state index in [1.807, 2.05) is 13.2 Å². The lowest BCUT2D eigenvalue weighted by atomic mass is 10.0. The first-order valence-electron chi connectivity index (χ1n) is 6.95. The Labute approximate surface area is 117 Å². The molecule has 3 N–H and O–H groups in total. The molecule has 0 spiro atoms. The van der Waals surface area contributed by atoms with E-state index in [-0.39, 0.29) is 11.9 Å². The van der Waals surface area contributed by atoms with Crippen LogP contribution in [0.5, 0.6) is 0 Å². The molecule has 0 bridgehead atoms. The Kier molecular flexibility index (Phi) is 3.44. The lowest BCUT2D eigenvalue weighted by Crippen LogP contribution is -2.40. The fourth-order valence-electron chi connectivity index (χ4n) is 2.76. The molecule has 3 rings (SSSR count). The lowest BCUT2D eigenvalue weighted by molar-refractivity contribution is 0.499. The van der Waals surface area contributed by atoms with Crippen LogP contribution >= 0.6 is 0 Å². The average molecular weight is 274 g/mol. The molecule has 4 nitrogen and oxygen atoms in total. The Morgan fingerprint density at radius 1 is 1.30 bits per heavy atom. The van der Waals surface area contributed by atoms with Gasteiger partial charge in [-0.2, -0.15) is 0 Å². The number of nitrogens with one attached hydrogen (secondary N) is 1. The van der Waals surface area contributed by atoms with E-state index >= 15 is 0 Å². The first-order valence-corrected chi connectivity index (χ1v) is 6.95. The fraction of sp³-hybridized carbons (Fsp3) is 0.400. The molecular weight excluding hydrogens is 255 g/mol. The van der Waals surface area contributed by atoms with Crippen LogP contribution in [0.2, 0.25) is 0 Å². The van der Waals surface area contributed by atoms with Crippen LogP contribution in [0.4, 0.5) is 15.9 Å². The van der Waals surface area contributed by atoms with Gasteiger partial charge in [0.1, 0.15) is 11.6 Å². The largest absolute Gasteiger partial charge is 0.386 e. The summed E-state index contributed by atoms with van der Waals surface area (Å²) in [5, 5.41) is 4.95. The number of halogens is 1. The van der Waals surface area contributed by atoms with Crippen molar-refractivity contribution in [3.8, 4) is 0 Å². The summed E-state index contributed by atoms with van der Waals surface area (Å²) in [5.41, 5.74) is 6.85. The number of anilines is 2. The third-order valence-electron chi connectivity index (χ3n) is 3.94. The first-order chi connectivity index (χ1) is 9.69. The predicted molar refractivity (Wildman–Crippen MR) is 80.7 cm³/mol. The second kappa shape index (κ2) is 5.25. The molecule has 1 saturated heterocycles. The number of piperidine rings is 1. The highest BCUT2D eigenvalue weighted by atomic mass is 19.1. The Morgan fingerprint density at radius 2 is 2.05 bits per heavy atom. The zero-order valence-corrected chi connectivity index (χ0v) is 11.6. The van der Waals surface area contributed by atoms with Gasteiger partial charge in [-0.3, -0.25) is 0 Å². The molecule has 1 aliphatic rings. The normalized spacial score (nSPS) is 16.6. The number of rotatable bonds is 2. The maximum absolute atomic E-state index is 13.6. The van der Waals surface area contributed by atoms with E-state index in [9.17, 15) is 4.39 Å². The highest BCUT2D eigenvalue weighted by molar-refractivity contribution is 6.00. The van der Waals surface area contributed by atoms with Gasteiger partial charge in [-0.25, -0.2) is 9.37 Å². The number of aromatic nitrogens is 1. The molecule has 1 fully saturated rings. The third-order valence-corrected chi connectivity index (χ3v) is 3.94. The summed E-state index contributed by atoms with van der Waals surface area (Å²) >= 11 is 0. The quantitative estimate of drug-likeness (QED) is 0.882. The summed E-state index contributed by atoms with van der Waals surface area (Å²) in [4.78, 5) is 6.72. The molecule has 1 aliphatic heterocycles. The molecule has 0 amide bonds. The Hall–Kier alpha value is -1.88. The van der Waals surface area contributed by atoms with Crippen molar-refractivity contribution in [1.29, 1.82) is 0 Å². The predicted octanol–water partition coefficient (Wildman–Crippen LogP) is 2.34.